The van der Waals surface area contributed by atoms with Gasteiger partial charge in [-0.25, -0.2) is 0 Å². The van der Waals surface area contributed by atoms with E-state index < -0.39 is 0 Å². The number of pyridine rings is 1. The molecule has 1 saturated heterocycles. The van der Waals surface area contributed by atoms with Crippen LogP contribution in [0.15, 0.2) is 18.3 Å². The van der Waals surface area contributed by atoms with E-state index in [0.29, 0.717) is 17.1 Å². The minimum Gasteiger partial charge on any atom is -0.381 e. The van der Waals surface area contributed by atoms with Crippen LogP contribution in [0.25, 0.3) is 0 Å². The molecule has 1 saturated carbocycles. The normalized spacial score (nSPS) is 21.8. The van der Waals surface area contributed by atoms with Crippen molar-refractivity contribution in [3.63, 3.8) is 0 Å². The number of ether oxygens (including phenoxy) is 1. The monoisotopic (exact) mass is 274 g/mol. The summed E-state index contributed by atoms with van der Waals surface area (Å²) in [6.07, 6.45) is 6.68. The van der Waals surface area contributed by atoms with E-state index in [0.717, 1.165) is 44.5 Å². The minimum atomic E-state index is 0.120. The van der Waals surface area contributed by atoms with Crippen molar-refractivity contribution in [1.82, 2.24) is 9.88 Å². The van der Waals surface area contributed by atoms with Gasteiger partial charge in [0.05, 0.1) is 11.7 Å². The third-order valence-electron chi connectivity index (χ3n) is 4.92. The highest BCUT2D eigenvalue weighted by Gasteiger charge is 2.46. The number of carbonyl (C=O) groups excluding carboxylic acids is 1. The fraction of sp³-hybridized carbons (Fsp3) is 0.625. The van der Waals surface area contributed by atoms with Crippen molar-refractivity contribution < 1.29 is 9.53 Å². The molecule has 0 bridgehead atoms. The maximum absolute atomic E-state index is 12.4. The largest absolute Gasteiger partial charge is 0.381 e. The number of piperidine rings is 1. The highest BCUT2D eigenvalue weighted by molar-refractivity contribution is 5.94. The molecule has 20 heavy (non-hydrogen) atoms. The van der Waals surface area contributed by atoms with Gasteiger partial charge >= 0.3 is 0 Å². The second-order valence-electron chi connectivity index (χ2n) is 6.25. The predicted octanol–water partition coefficient (Wildman–Crippen LogP) is 2.42. The molecular formula is C16H22N2O2. The number of methoxy groups -OCH3 is 1. The molecule has 2 fully saturated rings. The van der Waals surface area contributed by atoms with E-state index in [1.54, 1.807) is 13.3 Å². The third-order valence-corrected chi connectivity index (χ3v) is 4.92. The van der Waals surface area contributed by atoms with Gasteiger partial charge in [-0.2, -0.15) is 0 Å². The van der Waals surface area contributed by atoms with Gasteiger partial charge in [-0.15, -0.1) is 0 Å². The molecule has 1 spiro atoms. The van der Waals surface area contributed by atoms with Crippen LogP contribution in [-0.4, -0.2) is 42.1 Å². The predicted molar refractivity (Wildman–Crippen MR) is 76.6 cm³/mol. The Morgan fingerprint density at radius 1 is 1.35 bits per heavy atom. The summed E-state index contributed by atoms with van der Waals surface area (Å²) in [5.41, 5.74) is 2.09. The second kappa shape index (κ2) is 5.17. The lowest BCUT2D eigenvalue weighted by molar-refractivity contribution is -0.0841. The van der Waals surface area contributed by atoms with Gasteiger partial charge in [-0.1, -0.05) is 0 Å². The van der Waals surface area contributed by atoms with Gasteiger partial charge in [0.1, 0.15) is 0 Å². The number of likely N-dealkylation sites (tertiary alicyclic amines) is 1. The van der Waals surface area contributed by atoms with Crippen molar-refractivity contribution in [2.75, 3.05) is 20.2 Å². The quantitative estimate of drug-likeness (QED) is 0.831. The number of nitrogens with zero attached hydrogens (tertiary/aromatic N) is 2. The Kier molecular flexibility index (Phi) is 3.50. The van der Waals surface area contributed by atoms with Gasteiger partial charge in [0.15, 0.2) is 0 Å². The van der Waals surface area contributed by atoms with Gasteiger partial charge in [-0.05, 0) is 50.2 Å². The molecule has 1 aliphatic carbocycles. The highest BCUT2D eigenvalue weighted by atomic mass is 16.5. The van der Waals surface area contributed by atoms with Crippen molar-refractivity contribution in [3.8, 4) is 0 Å². The molecule has 1 aliphatic heterocycles. The van der Waals surface area contributed by atoms with Crippen LogP contribution in [0.1, 0.15) is 41.7 Å². The molecule has 4 heteroatoms. The molecular weight excluding hydrogens is 252 g/mol. The number of aryl methyl sites for hydroxylation is 1. The molecule has 1 aromatic rings. The molecule has 0 radical (unpaired) electrons. The number of hydrogen-bond acceptors (Lipinski definition) is 3. The van der Waals surface area contributed by atoms with E-state index in [9.17, 15) is 4.79 Å². The van der Waals surface area contributed by atoms with E-state index in [4.69, 9.17) is 4.74 Å². The average molecular weight is 274 g/mol. The number of hydrogen-bond donors (Lipinski definition) is 0. The first-order valence-electron chi connectivity index (χ1n) is 7.37. The first kappa shape index (κ1) is 13.6. The van der Waals surface area contributed by atoms with Crippen LogP contribution in [0.5, 0.6) is 0 Å². The Hall–Kier alpha value is -1.42. The SMILES string of the molecule is COC1CC2(CCN(C(=O)c3ccc(C)nc3)CC2)C1. The summed E-state index contributed by atoms with van der Waals surface area (Å²) >= 11 is 0. The lowest BCUT2D eigenvalue weighted by atomic mass is 9.61. The standard InChI is InChI=1S/C16H22N2O2/c1-12-3-4-13(11-17-12)15(19)18-7-5-16(6-8-18)9-14(10-16)20-2/h3-4,11,14H,5-10H2,1-2H3. The maximum Gasteiger partial charge on any atom is 0.255 e. The molecule has 0 atom stereocenters. The molecule has 1 aromatic heterocycles. The molecule has 2 heterocycles. The van der Waals surface area contributed by atoms with Crippen molar-refractivity contribution >= 4 is 5.91 Å². The summed E-state index contributed by atoms with van der Waals surface area (Å²) in [6, 6.07) is 3.77. The topological polar surface area (TPSA) is 42.4 Å². The van der Waals surface area contributed by atoms with E-state index in [1.807, 2.05) is 24.0 Å². The lowest BCUT2D eigenvalue weighted by Crippen LogP contribution is -2.50. The van der Waals surface area contributed by atoms with Crippen molar-refractivity contribution in [1.29, 1.82) is 0 Å². The maximum atomic E-state index is 12.4. The Morgan fingerprint density at radius 3 is 2.60 bits per heavy atom. The van der Waals surface area contributed by atoms with Crippen molar-refractivity contribution in [3.05, 3.63) is 29.6 Å². The first-order chi connectivity index (χ1) is 9.62. The van der Waals surface area contributed by atoms with Crippen LogP contribution in [-0.2, 0) is 4.74 Å². The number of aromatic nitrogens is 1. The lowest BCUT2D eigenvalue weighted by Gasteiger charge is -2.51. The number of rotatable bonds is 2. The van der Waals surface area contributed by atoms with Crippen LogP contribution in [0.3, 0.4) is 0 Å². The van der Waals surface area contributed by atoms with E-state index >= 15 is 0 Å². The zero-order valence-electron chi connectivity index (χ0n) is 12.3. The van der Waals surface area contributed by atoms with Crippen LogP contribution >= 0.6 is 0 Å². The van der Waals surface area contributed by atoms with E-state index in [-0.39, 0.29) is 5.91 Å². The third kappa shape index (κ3) is 2.44. The molecule has 4 nitrogen and oxygen atoms in total. The summed E-state index contributed by atoms with van der Waals surface area (Å²) in [6.45, 7) is 3.66. The van der Waals surface area contributed by atoms with Crippen LogP contribution in [0.2, 0.25) is 0 Å². The fourth-order valence-corrected chi connectivity index (χ4v) is 3.44. The van der Waals surface area contributed by atoms with Gasteiger partial charge in [0.2, 0.25) is 0 Å². The van der Waals surface area contributed by atoms with Gasteiger partial charge in [0, 0.05) is 32.1 Å². The molecule has 108 valence electrons. The van der Waals surface area contributed by atoms with Crippen LogP contribution in [0.4, 0.5) is 0 Å². The van der Waals surface area contributed by atoms with Gasteiger partial charge < -0.3 is 9.64 Å². The summed E-state index contributed by atoms with van der Waals surface area (Å²) in [5.74, 6) is 0.120. The molecule has 1 amide bonds. The fourth-order valence-electron chi connectivity index (χ4n) is 3.44. The molecule has 3 rings (SSSR count). The Balaban J connectivity index is 1.58. The average Bonchev–Trinajstić information content (AvgIpc) is 2.45. The number of carbonyl (C=O) groups is 1. The summed E-state index contributed by atoms with van der Waals surface area (Å²) < 4.78 is 5.38. The number of amides is 1. The smallest absolute Gasteiger partial charge is 0.255 e. The van der Waals surface area contributed by atoms with Gasteiger partial charge in [-0.3, -0.25) is 9.78 Å². The van der Waals surface area contributed by atoms with Crippen LogP contribution in [0, 0.1) is 12.3 Å². The van der Waals surface area contributed by atoms with Crippen molar-refractivity contribution in [2.45, 2.75) is 38.7 Å². The minimum absolute atomic E-state index is 0.120. The van der Waals surface area contributed by atoms with E-state index in [2.05, 4.69) is 4.98 Å². The van der Waals surface area contributed by atoms with E-state index in [1.165, 1.54) is 0 Å². The Morgan fingerprint density at radius 2 is 2.05 bits per heavy atom. The summed E-state index contributed by atoms with van der Waals surface area (Å²) in [4.78, 5) is 18.6. The molecule has 0 unspecified atom stereocenters. The Labute approximate surface area is 120 Å². The van der Waals surface area contributed by atoms with Crippen molar-refractivity contribution in [2.24, 2.45) is 5.41 Å². The van der Waals surface area contributed by atoms with Crippen LogP contribution < -0.4 is 0 Å². The zero-order valence-corrected chi connectivity index (χ0v) is 12.3. The zero-order chi connectivity index (χ0) is 14.2. The second-order valence-corrected chi connectivity index (χ2v) is 6.25. The molecule has 2 aliphatic rings. The Bertz CT molecular complexity index is 482. The highest BCUT2D eigenvalue weighted by Crippen LogP contribution is 2.50. The molecule has 0 aromatic carbocycles. The molecule has 0 N–H and O–H groups in total. The summed E-state index contributed by atoms with van der Waals surface area (Å²) in [7, 11) is 1.79. The summed E-state index contributed by atoms with van der Waals surface area (Å²) in [5, 5.41) is 0. The van der Waals surface area contributed by atoms with Gasteiger partial charge in [0.25, 0.3) is 5.91 Å². The first-order valence-corrected chi connectivity index (χ1v) is 7.37.